The number of hydrogen-bond donors (Lipinski definition) is 2. The second kappa shape index (κ2) is 5.83. The van der Waals surface area contributed by atoms with Gasteiger partial charge in [-0.2, -0.15) is 0 Å². The quantitative estimate of drug-likeness (QED) is 0.810. The van der Waals surface area contributed by atoms with Crippen molar-refractivity contribution in [1.29, 1.82) is 0 Å². The third-order valence-electron chi connectivity index (χ3n) is 4.84. The van der Waals surface area contributed by atoms with E-state index in [1.165, 1.54) is 19.3 Å². The van der Waals surface area contributed by atoms with Crippen LogP contribution in [0.4, 0.5) is 5.69 Å². The summed E-state index contributed by atoms with van der Waals surface area (Å²) in [7, 11) is 0. The van der Waals surface area contributed by atoms with Gasteiger partial charge in [0, 0.05) is 24.3 Å². The second-order valence-corrected chi connectivity index (χ2v) is 5.95. The molecule has 4 nitrogen and oxygen atoms in total. The van der Waals surface area contributed by atoms with Crippen LogP contribution < -0.4 is 11.5 Å². The molecular formula is C16H25N3O. The van der Waals surface area contributed by atoms with Gasteiger partial charge in [0.05, 0.1) is 0 Å². The van der Waals surface area contributed by atoms with E-state index in [2.05, 4.69) is 18.7 Å². The number of amides is 1. The van der Waals surface area contributed by atoms with Crippen LogP contribution in [-0.2, 0) is 6.54 Å². The molecule has 0 aliphatic carbocycles. The summed E-state index contributed by atoms with van der Waals surface area (Å²) >= 11 is 0. The first-order valence-electron chi connectivity index (χ1n) is 7.40. The van der Waals surface area contributed by atoms with Crippen molar-refractivity contribution >= 4 is 11.6 Å². The van der Waals surface area contributed by atoms with Gasteiger partial charge >= 0.3 is 0 Å². The Morgan fingerprint density at radius 2 is 2.05 bits per heavy atom. The fourth-order valence-electron chi connectivity index (χ4n) is 3.12. The van der Waals surface area contributed by atoms with E-state index in [9.17, 15) is 4.79 Å². The fraction of sp³-hybridized carbons (Fsp3) is 0.562. The molecule has 4 N–H and O–H groups in total. The molecule has 1 aromatic rings. The van der Waals surface area contributed by atoms with Crippen LogP contribution in [0, 0.1) is 5.41 Å². The molecule has 110 valence electrons. The molecule has 0 radical (unpaired) electrons. The Morgan fingerprint density at radius 1 is 1.35 bits per heavy atom. The van der Waals surface area contributed by atoms with Gasteiger partial charge in [0.1, 0.15) is 0 Å². The summed E-state index contributed by atoms with van der Waals surface area (Å²) in [4.78, 5) is 13.6. The molecule has 4 heteroatoms. The number of nitrogen functional groups attached to an aromatic ring is 1. The molecule has 1 heterocycles. The number of rotatable bonds is 5. The largest absolute Gasteiger partial charge is 0.398 e. The summed E-state index contributed by atoms with van der Waals surface area (Å²) in [5, 5.41) is 0. The van der Waals surface area contributed by atoms with Crippen LogP contribution in [0.15, 0.2) is 18.2 Å². The van der Waals surface area contributed by atoms with E-state index in [1.807, 2.05) is 6.07 Å². The predicted molar refractivity (Wildman–Crippen MR) is 82.3 cm³/mol. The number of nitrogens with zero attached hydrogens (tertiary/aromatic N) is 1. The lowest BCUT2D eigenvalue weighted by Gasteiger charge is -2.26. The second-order valence-electron chi connectivity index (χ2n) is 5.95. The first-order chi connectivity index (χ1) is 9.49. The lowest BCUT2D eigenvalue weighted by atomic mass is 9.82. The van der Waals surface area contributed by atoms with Crippen molar-refractivity contribution in [3.05, 3.63) is 29.3 Å². The van der Waals surface area contributed by atoms with Gasteiger partial charge in [-0.25, -0.2) is 0 Å². The number of benzene rings is 1. The molecule has 0 aromatic heterocycles. The van der Waals surface area contributed by atoms with Gasteiger partial charge in [-0.1, -0.05) is 19.9 Å². The molecule has 0 unspecified atom stereocenters. The highest BCUT2D eigenvalue weighted by molar-refractivity contribution is 5.93. The first kappa shape index (κ1) is 14.9. The summed E-state index contributed by atoms with van der Waals surface area (Å²) < 4.78 is 0. The van der Waals surface area contributed by atoms with Crippen LogP contribution in [-0.4, -0.2) is 23.9 Å². The maximum absolute atomic E-state index is 11.1. The Morgan fingerprint density at radius 3 is 2.55 bits per heavy atom. The Kier molecular flexibility index (Phi) is 4.33. The Bertz CT molecular complexity index is 494. The Balaban J connectivity index is 2.06. The summed E-state index contributed by atoms with van der Waals surface area (Å²) in [5.74, 6) is -0.430. The van der Waals surface area contributed by atoms with Crippen LogP contribution in [0.1, 0.15) is 49.0 Å². The minimum Gasteiger partial charge on any atom is -0.398 e. The van der Waals surface area contributed by atoms with Gasteiger partial charge in [-0.3, -0.25) is 9.69 Å². The molecule has 0 atom stereocenters. The molecule has 1 aromatic carbocycles. The van der Waals surface area contributed by atoms with E-state index < -0.39 is 5.91 Å². The van der Waals surface area contributed by atoms with Crippen LogP contribution in [0.2, 0.25) is 0 Å². The lowest BCUT2D eigenvalue weighted by molar-refractivity contribution is 0.100. The number of likely N-dealkylation sites (tertiary alicyclic amines) is 1. The molecule has 0 saturated carbocycles. The van der Waals surface area contributed by atoms with Gasteiger partial charge in [0.2, 0.25) is 5.91 Å². The molecule has 1 amide bonds. The van der Waals surface area contributed by atoms with Gasteiger partial charge in [0.25, 0.3) is 0 Å². The van der Waals surface area contributed by atoms with Crippen LogP contribution in [0.3, 0.4) is 0 Å². The topological polar surface area (TPSA) is 72.3 Å². The summed E-state index contributed by atoms with van der Waals surface area (Å²) in [6.07, 6.45) is 3.73. The number of carbonyl (C=O) groups excluding carboxylic acids is 1. The summed E-state index contributed by atoms with van der Waals surface area (Å²) in [5.41, 5.74) is 14.0. The number of hydrogen-bond acceptors (Lipinski definition) is 3. The van der Waals surface area contributed by atoms with Gasteiger partial charge in [-0.15, -0.1) is 0 Å². The minimum atomic E-state index is -0.430. The summed E-state index contributed by atoms with van der Waals surface area (Å²) in [6, 6.07) is 5.37. The summed E-state index contributed by atoms with van der Waals surface area (Å²) in [6.45, 7) is 7.67. The molecule has 2 rings (SSSR count). The van der Waals surface area contributed by atoms with Gasteiger partial charge in [-0.05, 0) is 48.9 Å². The monoisotopic (exact) mass is 275 g/mol. The van der Waals surface area contributed by atoms with Crippen molar-refractivity contribution in [3.8, 4) is 0 Å². The number of nitrogens with two attached hydrogens (primary N) is 2. The maximum Gasteiger partial charge on any atom is 0.248 e. The smallest absolute Gasteiger partial charge is 0.248 e. The molecule has 1 aliphatic rings. The van der Waals surface area contributed by atoms with Crippen LogP contribution in [0.5, 0.6) is 0 Å². The molecule has 1 saturated heterocycles. The molecule has 0 spiro atoms. The zero-order valence-corrected chi connectivity index (χ0v) is 12.5. The Hall–Kier alpha value is -1.55. The fourth-order valence-corrected chi connectivity index (χ4v) is 3.12. The zero-order chi connectivity index (χ0) is 14.8. The highest BCUT2D eigenvalue weighted by atomic mass is 16.1. The number of carbonyl (C=O) groups is 1. The van der Waals surface area contributed by atoms with Gasteiger partial charge < -0.3 is 11.5 Å². The van der Waals surface area contributed by atoms with E-state index >= 15 is 0 Å². The first-order valence-corrected chi connectivity index (χ1v) is 7.40. The lowest BCUT2D eigenvalue weighted by Crippen LogP contribution is -2.26. The van der Waals surface area contributed by atoms with Crippen molar-refractivity contribution in [2.24, 2.45) is 11.1 Å². The van der Waals surface area contributed by atoms with Crippen molar-refractivity contribution in [2.75, 3.05) is 18.8 Å². The van der Waals surface area contributed by atoms with Crippen molar-refractivity contribution < 1.29 is 4.79 Å². The van der Waals surface area contributed by atoms with Gasteiger partial charge in [0.15, 0.2) is 0 Å². The zero-order valence-electron chi connectivity index (χ0n) is 12.5. The average Bonchev–Trinajstić information content (AvgIpc) is 2.85. The average molecular weight is 275 g/mol. The highest BCUT2D eigenvalue weighted by Gasteiger charge is 2.34. The van der Waals surface area contributed by atoms with E-state index in [-0.39, 0.29) is 0 Å². The third kappa shape index (κ3) is 2.96. The van der Waals surface area contributed by atoms with Crippen LogP contribution in [0.25, 0.3) is 0 Å². The standard InChI is InChI=1S/C16H25N3O/c1-3-16(4-2)7-8-19(11-16)10-13-6-5-12(15(18)20)9-14(13)17/h5-6,9H,3-4,7-8,10-11,17H2,1-2H3,(H2,18,20). The van der Waals surface area contributed by atoms with E-state index in [0.717, 1.165) is 25.2 Å². The van der Waals surface area contributed by atoms with E-state index in [1.54, 1.807) is 12.1 Å². The van der Waals surface area contributed by atoms with Crippen molar-refractivity contribution in [1.82, 2.24) is 4.90 Å². The predicted octanol–water partition coefficient (Wildman–Crippen LogP) is 2.38. The molecule has 20 heavy (non-hydrogen) atoms. The van der Waals surface area contributed by atoms with Crippen molar-refractivity contribution in [3.63, 3.8) is 0 Å². The molecular weight excluding hydrogens is 250 g/mol. The van der Waals surface area contributed by atoms with E-state index in [4.69, 9.17) is 11.5 Å². The SMILES string of the molecule is CCC1(CC)CCN(Cc2ccc(C(N)=O)cc2N)C1. The number of anilines is 1. The van der Waals surface area contributed by atoms with Crippen molar-refractivity contribution in [2.45, 2.75) is 39.7 Å². The minimum absolute atomic E-state index is 0.430. The maximum atomic E-state index is 11.1. The third-order valence-corrected chi connectivity index (χ3v) is 4.84. The van der Waals surface area contributed by atoms with Crippen LogP contribution >= 0.6 is 0 Å². The molecule has 1 aliphatic heterocycles. The normalized spacial score (nSPS) is 18.3. The van der Waals surface area contributed by atoms with E-state index in [0.29, 0.717) is 16.7 Å². The number of primary amides is 1. The highest BCUT2D eigenvalue weighted by Crippen LogP contribution is 2.37. The molecule has 0 bridgehead atoms. The Labute approximate surface area is 121 Å². The molecule has 1 fully saturated rings.